The fourth-order valence-corrected chi connectivity index (χ4v) is 0.946. The topological polar surface area (TPSA) is 60.4 Å². The Kier molecular flexibility index (Phi) is 3.34. The minimum absolute atomic E-state index is 0.184. The number of carbonyl (C=O) groups excluding carboxylic acids is 3. The molecule has 1 aliphatic carbocycles. The van der Waals surface area contributed by atoms with E-state index in [2.05, 4.69) is 0 Å². The molecule has 0 atom stereocenters. The van der Waals surface area contributed by atoms with Gasteiger partial charge in [0.1, 0.15) is 0 Å². The fourth-order valence-electron chi connectivity index (χ4n) is 0.946. The van der Waals surface area contributed by atoms with Crippen LogP contribution in [-0.4, -0.2) is 17.5 Å². The van der Waals surface area contributed by atoms with E-state index in [1.165, 1.54) is 0 Å². The van der Waals surface area contributed by atoms with Crippen molar-refractivity contribution in [2.45, 2.75) is 19.8 Å². The Labute approximate surface area is 81.2 Å². The van der Waals surface area contributed by atoms with Crippen LogP contribution in [0.1, 0.15) is 19.8 Å². The van der Waals surface area contributed by atoms with E-state index in [-0.39, 0.29) is 18.0 Å². The summed E-state index contributed by atoms with van der Waals surface area (Å²) in [5, 5.41) is 0. The van der Waals surface area contributed by atoms with Crippen LogP contribution in [0, 0.1) is 0 Å². The summed E-state index contributed by atoms with van der Waals surface area (Å²) in [4.78, 5) is 33.0. The van der Waals surface area contributed by atoms with Gasteiger partial charge in [-0.15, -0.1) is 0 Å². The zero-order chi connectivity index (χ0) is 10.6. The molecule has 14 heavy (non-hydrogen) atoms. The summed E-state index contributed by atoms with van der Waals surface area (Å²) in [6.07, 6.45) is 4.14. The average Bonchev–Trinajstić information content (AvgIpc) is 2.12. The molecule has 0 amide bonds. The van der Waals surface area contributed by atoms with Crippen LogP contribution in [0.5, 0.6) is 0 Å². The van der Waals surface area contributed by atoms with Crippen molar-refractivity contribution < 1.29 is 19.1 Å². The molecule has 0 saturated carbocycles. The third-order valence-corrected chi connectivity index (χ3v) is 1.59. The van der Waals surface area contributed by atoms with Crippen molar-refractivity contribution in [1.82, 2.24) is 0 Å². The Bertz CT molecular complexity index is 336. The molecular weight excluding hydrogens is 184 g/mol. The number of carbonyl (C=O) groups is 3. The Morgan fingerprint density at radius 3 is 2.71 bits per heavy atom. The molecule has 0 aromatic rings. The highest BCUT2D eigenvalue weighted by Crippen LogP contribution is 2.08. The highest BCUT2D eigenvalue weighted by molar-refractivity contribution is 6.16. The Morgan fingerprint density at radius 2 is 2.07 bits per heavy atom. The second-order valence-electron chi connectivity index (χ2n) is 2.83. The van der Waals surface area contributed by atoms with Gasteiger partial charge in [-0.1, -0.05) is 6.92 Å². The van der Waals surface area contributed by atoms with Gasteiger partial charge in [0.2, 0.25) is 5.78 Å². The molecular formula is C10H10O4. The molecule has 0 heterocycles. The normalized spacial score (nSPS) is 15.4. The van der Waals surface area contributed by atoms with Gasteiger partial charge in [-0.25, -0.2) is 0 Å². The number of ketones is 2. The minimum Gasteiger partial charge on any atom is -0.422 e. The quantitative estimate of drug-likeness (QED) is 0.495. The van der Waals surface area contributed by atoms with Gasteiger partial charge in [0.25, 0.3) is 0 Å². The van der Waals surface area contributed by atoms with E-state index >= 15 is 0 Å². The summed E-state index contributed by atoms with van der Waals surface area (Å²) in [7, 11) is 0. The maximum atomic E-state index is 11.1. The summed E-state index contributed by atoms with van der Waals surface area (Å²) < 4.78 is 4.71. The minimum atomic E-state index is -0.491. The van der Waals surface area contributed by atoms with Crippen LogP contribution in [0.4, 0.5) is 0 Å². The van der Waals surface area contributed by atoms with Gasteiger partial charge in [0, 0.05) is 12.5 Å². The lowest BCUT2D eigenvalue weighted by Crippen LogP contribution is -2.14. The van der Waals surface area contributed by atoms with E-state index in [1.54, 1.807) is 0 Å². The first kappa shape index (κ1) is 10.4. The van der Waals surface area contributed by atoms with Gasteiger partial charge in [-0.3, -0.25) is 14.4 Å². The lowest BCUT2D eigenvalue weighted by atomic mass is 10.1. The first-order valence-corrected chi connectivity index (χ1v) is 4.32. The van der Waals surface area contributed by atoms with Gasteiger partial charge in [0.05, 0.1) is 0 Å². The highest BCUT2D eigenvalue weighted by atomic mass is 16.5. The SMILES string of the molecule is CCCC(=O)OC1=CC(=O)C=CC1=O. The summed E-state index contributed by atoms with van der Waals surface area (Å²) in [6, 6.07) is 0. The summed E-state index contributed by atoms with van der Waals surface area (Å²) in [6.45, 7) is 1.82. The first-order chi connectivity index (χ1) is 6.63. The molecule has 1 rings (SSSR count). The van der Waals surface area contributed by atoms with E-state index in [4.69, 9.17) is 4.74 Å². The molecule has 0 unspecified atom stereocenters. The molecule has 4 heteroatoms. The maximum absolute atomic E-state index is 11.1. The Balaban J connectivity index is 2.64. The van der Waals surface area contributed by atoms with Crippen molar-refractivity contribution >= 4 is 17.5 Å². The van der Waals surface area contributed by atoms with Crippen molar-refractivity contribution in [2.75, 3.05) is 0 Å². The molecule has 0 radical (unpaired) electrons. The van der Waals surface area contributed by atoms with E-state index in [9.17, 15) is 14.4 Å². The molecule has 0 aromatic heterocycles. The number of ether oxygens (including phenoxy) is 1. The summed E-state index contributed by atoms with van der Waals surface area (Å²) in [5.74, 6) is -1.47. The third kappa shape index (κ3) is 2.65. The standard InChI is InChI=1S/C10H10O4/c1-2-3-10(13)14-9-6-7(11)4-5-8(9)12/h4-6H,2-3H2,1H3. The molecule has 0 spiro atoms. The van der Waals surface area contributed by atoms with Crippen LogP contribution in [0.25, 0.3) is 0 Å². The summed E-state index contributed by atoms with van der Waals surface area (Å²) >= 11 is 0. The monoisotopic (exact) mass is 194 g/mol. The number of esters is 1. The van der Waals surface area contributed by atoms with Gasteiger partial charge in [-0.2, -0.15) is 0 Å². The lowest BCUT2D eigenvalue weighted by Gasteiger charge is -2.06. The van der Waals surface area contributed by atoms with E-state index in [0.29, 0.717) is 6.42 Å². The Hall–Kier alpha value is -1.71. The van der Waals surface area contributed by atoms with Crippen LogP contribution in [0.2, 0.25) is 0 Å². The molecule has 74 valence electrons. The van der Waals surface area contributed by atoms with Crippen LogP contribution in [0.3, 0.4) is 0 Å². The largest absolute Gasteiger partial charge is 0.422 e. The van der Waals surface area contributed by atoms with Crippen molar-refractivity contribution in [3.05, 3.63) is 24.0 Å². The predicted octanol–water partition coefficient (Wildman–Crippen LogP) is 0.922. The number of allylic oxidation sites excluding steroid dienone is 3. The van der Waals surface area contributed by atoms with Crippen molar-refractivity contribution in [2.24, 2.45) is 0 Å². The Morgan fingerprint density at radius 1 is 1.36 bits per heavy atom. The third-order valence-electron chi connectivity index (χ3n) is 1.59. The fraction of sp³-hybridized carbons (Fsp3) is 0.300. The van der Waals surface area contributed by atoms with Gasteiger partial charge < -0.3 is 4.74 Å². The molecule has 0 bridgehead atoms. The van der Waals surface area contributed by atoms with Gasteiger partial charge in [-0.05, 0) is 18.6 Å². The molecule has 0 aliphatic heterocycles. The smallest absolute Gasteiger partial charge is 0.311 e. The first-order valence-electron chi connectivity index (χ1n) is 4.32. The summed E-state index contributed by atoms with van der Waals surface area (Å²) in [5.41, 5.74) is 0. The second kappa shape index (κ2) is 4.50. The molecule has 1 aliphatic rings. The van der Waals surface area contributed by atoms with Crippen LogP contribution in [-0.2, 0) is 19.1 Å². The van der Waals surface area contributed by atoms with Crippen molar-refractivity contribution in [1.29, 1.82) is 0 Å². The molecule has 4 nitrogen and oxygen atoms in total. The second-order valence-corrected chi connectivity index (χ2v) is 2.83. The van der Waals surface area contributed by atoms with E-state index in [0.717, 1.165) is 18.2 Å². The predicted molar refractivity (Wildman–Crippen MR) is 48.2 cm³/mol. The van der Waals surface area contributed by atoms with E-state index < -0.39 is 11.8 Å². The van der Waals surface area contributed by atoms with Crippen molar-refractivity contribution in [3.63, 3.8) is 0 Å². The molecule has 0 fully saturated rings. The van der Waals surface area contributed by atoms with Crippen LogP contribution >= 0.6 is 0 Å². The number of hydrogen-bond donors (Lipinski definition) is 0. The molecule has 0 saturated heterocycles. The van der Waals surface area contributed by atoms with E-state index in [1.807, 2.05) is 6.92 Å². The molecule has 0 N–H and O–H groups in total. The molecule has 0 aromatic carbocycles. The number of hydrogen-bond acceptors (Lipinski definition) is 4. The number of rotatable bonds is 3. The zero-order valence-corrected chi connectivity index (χ0v) is 7.78. The highest BCUT2D eigenvalue weighted by Gasteiger charge is 2.17. The van der Waals surface area contributed by atoms with Crippen molar-refractivity contribution in [3.8, 4) is 0 Å². The maximum Gasteiger partial charge on any atom is 0.311 e. The van der Waals surface area contributed by atoms with Crippen LogP contribution < -0.4 is 0 Å². The lowest BCUT2D eigenvalue weighted by molar-refractivity contribution is -0.142. The van der Waals surface area contributed by atoms with Crippen LogP contribution in [0.15, 0.2) is 24.0 Å². The van der Waals surface area contributed by atoms with Gasteiger partial charge in [0.15, 0.2) is 11.5 Å². The zero-order valence-electron chi connectivity index (χ0n) is 7.78. The van der Waals surface area contributed by atoms with Gasteiger partial charge >= 0.3 is 5.97 Å². The average molecular weight is 194 g/mol.